The average molecular weight is 524 g/mol. The van der Waals surface area contributed by atoms with Crippen molar-refractivity contribution in [1.29, 1.82) is 10.7 Å². The highest BCUT2D eigenvalue weighted by molar-refractivity contribution is 6.10. The molecule has 11 heteroatoms. The van der Waals surface area contributed by atoms with E-state index < -0.39 is 23.8 Å². The predicted molar refractivity (Wildman–Crippen MR) is 135 cm³/mol. The van der Waals surface area contributed by atoms with E-state index in [0.717, 1.165) is 18.3 Å². The van der Waals surface area contributed by atoms with Crippen LogP contribution in [0.4, 0.5) is 23.7 Å². The van der Waals surface area contributed by atoms with Crippen molar-refractivity contribution in [2.75, 3.05) is 32.6 Å². The molecule has 0 bridgehead atoms. The number of nitrogens with zero attached hydrogens (tertiary/aromatic N) is 4. The Balaban J connectivity index is 1.99. The summed E-state index contributed by atoms with van der Waals surface area (Å²) in [6, 6.07) is 9.90. The Bertz CT molecular complexity index is 1420. The van der Waals surface area contributed by atoms with Crippen LogP contribution >= 0.6 is 0 Å². The maximum atomic E-state index is 13.8. The van der Waals surface area contributed by atoms with Crippen molar-refractivity contribution in [3.8, 4) is 6.07 Å². The fraction of sp³-hybridized carbons (Fsp3) is 0.259. The number of amides is 3. The number of quaternary nitrogens is 1. The van der Waals surface area contributed by atoms with E-state index in [1.165, 1.54) is 33.9 Å². The van der Waals surface area contributed by atoms with Gasteiger partial charge in [-0.05, 0) is 41.5 Å². The molecule has 1 atom stereocenters. The normalized spacial score (nSPS) is 18.5. The van der Waals surface area contributed by atoms with Crippen molar-refractivity contribution in [2.24, 2.45) is 0 Å². The summed E-state index contributed by atoms with van der Waals surface area (Å²) in [4.78, 5) is 31.4. The maximum absolute atomic E-state index is 13.8. The Morgan fingerprint density at radius 1 is 1.18 bits per heavy atom. The molecule has 4 rings (SSSR count). The van der Waals surface area contributed by atoms with E-state index in [1.54, 1.807) is 43.8 Å². The first kappa shape index (κ1) is 26.6. The van der Waals surface area contributed by atoms with Gasteiger partial charge in [-0.3, -0.25) is 9.69 Å². The molecular weight excluding hydrogens is 497 g/mol. The number of benzene rings is 2. The molecule has 0 saturated heterocycles. The summed E-state index contributed by atoms with van der Waals surface area (Å²) in [5, 5.41) is 19.2. The fourth-order valence-electron chi connectivity index (χ4n) is 4.88. The number of carbonyl (C=O) groups excluding carboxylic acids is 2. The number of urea groups is 1. The van der Waals surface area contributed by atoms with Crippen molar-refractivity contribution >= 4 is 29.4 Å². The maximum Gasteiger partial charge on any atom is 0.416 e. The van der Waals surface area contributed by atoms with Crippen LogP contribution < -0.4 is 10.2 Å². The summed E-state index contributed by atoms with van der Waals surface area (Å²) in [6.07, 6.45) is -1.53. The number of allylic oxidation sites excluding steroid dienone is 1. The van der Waals surface area contributed by atoms with Gasteiger partial charge in [0.05, 0.1) is 47.1 Å². The largest absolute Gasteiger partial charge is 0.416 e. The molecule has 2 aliphatic rings. The molecule has 0 aliphatic carbocycles. The highest BCUT2D eigenvalue weighted by Crippen LogP contribution is 2.44. The van der Waals surface area contributed by atoms with Crippen LogP contribution in [0.3, 0.4) is 0 Å². The predicted octanol–water partition coefficient (Wildman–Crippen LogP) is 3.49. The lowest BCUT2D eigenvalue weighted by atomic mass is 9.84. The van der Waals surface area contributed by atoms with Crippen LogP contribution in [0, 0.1) is 16.7 Å². The molecule has 0 fully saturated rings. The minimum Gasteiger partial charge on any atom is -0.341 e. The van der Waals surface area contributed by atoms with Crippen molar-refractivity contribution in [3.05, 3.63) is 82.2 Å². The highest BCUT2D eigenvalue weighted by atomic mass is 19.4. The van der Waals surface area contributed by atoms with Crippen molar-refractivity contribution in [1.82, 2.24) is 9.80 Å². The number of hydrogen-bond acceptors (Lipinski definition) is 4. The van der Waals surface area contributed by atoms with E-state index in [9.17, 15) is 28.0 Å². The molecule has 0 aromatic heterocycles. The van der Waals surface area contributed by atoms with Gasteiger partial charge in [-0.15, -0.1) is 0 Å². The zero-order chi connectivity index (χ0) is 27.8. The molecule has 0 saturated carbocycles. The zero-order valence-electron chi connectivity index (χ0n) is 21.0. The number of likely N-dealkylation sites (N-methyl/N-ethyl adjacent to an activating group) is 2. The molecule has 3 amide bonds. The number of hydrogen-bond donors (Lipinski definition) is 2. The van der Waals surface area contributed by atoms with Crippen LogP contribution in [0.5, 0.6) is 0 Å². The molecule has 2 heterocycles. The lowest BCUT2D eigenvalue weighted by Gasteiger charge is -2.45. The van der Waals surface area contributed by atoms with E-state index in [0.29, 0.717) is 28.0 Å². The van der Waals surface area contributed by atoms with Crippen LogP contribution in [0.2, 0.25) is 0 Å². The van der Waals surface area contributed by atoms with E-state index >= 15 is 0 Å². The molecule has 2 aromatic rings. The molecule has 2 aromatic carbocycles. The summed E-state index contributed by atoms with van der Waals surface area (Å²) in [7, 11) is 4.89. The average Bonchev–Trinajstić information content (AvgIpc) is 2.90. The Morgan fingerprint density at radius 2 is 1.92 bits per heavy atom. The number of nitriles is 1. The summed E-state index contributed by atoms with van der Waals surface area (Å²) in [6.45, 7) is 0.285. The number of halogens is 3. The third-order valence-electron chi connectivity index (χ3n) is 6.72. The van der Waals surface area contributed by atoms with Crippen LogP contribution in [-0.4, -0.2) is 55.6 Å². The van der Waals surface area contributed by atoms with Crippen molar-refractivity contribution in [2.45, 2.75) is 18.6 Å². The van der Waals surface area contributed by atoms with Gasteiger partial charge in [-0.1, -0.05) is 12.1 Å². The Morgan fingerprint density at radius 3 is 2.55 bits per heavy atom. The Kier molecular flexibility index (Phi) is 7.11. The molecule has 38 heavy (non-hydrogen) atoms. The summed E-state index contributed by atoms with van der Waals surface area (Å²) >= 11 is 0. The zero-order valence-corrected chi connectivity index (χ0v) is 21.0. The first-order valence-electron chi connectivity index (χ1n) is 11.8. The van der Waals surface area contributed by atoms with Crippen molar-refractivity contribution < 1.29 is 28.1 Å². The summed E-state index contributed by atoms with van der Waals surface area (Å²) < 4.78 is 40.4. The molecule has 0 spiro atoms. The van der Waals surface area contributed by atoms with E-state index in [-0.39, 0.29) is 30.1 Å². The van der Waals surface area contributed by atoms with E-state index in [2.05, 4.69) is 6.07 Å². The fourth-order valence-corrected chi connectivity index (χ4v) is 4.88. The van der Waals surface area contributed by atoms with Crippen LogP contribution in [0.25, 0.3) is 5.57 Å². The SMILES string of the molecule is C[NH2+]C=C(C=N)c1cc(C#N)ccc1C1C2=C(CCN(C)C2=O)N(c2cccc(C(F)(F)F)c2)C(=O)N1C. The second kappa shape index (κ2) is 10.1. The van der Waals surface area contributed by atoms with Gasteiger partial charge in [0.2, 0.25) is 0 Å². The van der Waals surface area contributed by atoms with Crippen LogP contribution in [0.15, 0.2) is 59.9 Å². The second-order valence-corrected chi connectivity index (χ2v) is 9.03. The summed E-state index contributed by atoms with van der Waals surface area (Å²) in [5.41, 5.74) is 1.54. The molecular formula is C27H26F3N6O2+. The third kappa shape index (κ3) is 4.54. The number of nitrogens with one attached hydrogen (secondary N) is 1. The van der Waals surface area contributed by atoms with Gasteiger partial charge >= 0.3 is 12.2 Å². The van der Waals surface area contributed by atoms with E-state index in [4.69, 9.17) is 5.41 Å². The molecule has 8 nitrogen and oxygen atoms in total. The van der Waals surface area contributed by atoms with Crippen molar-refractivity contribution in [3.63, 3.8) is 0 Å². The molecule has 0 radical (unpaired) electrons. The Labute approximate surface area is 217 Å². The number of alkyl halides is 3. The minimum atomic E-state index is -4.60. The number of carbonyl (C=O) groups is 2. The number of anilines is 1. The number of nitrogens with two attached hydrogens (primary N) is 1. The second-order valence-electron chi connectivity index (χ2n) is 9.03. The molecule has 3 N–H and O–H groups in total. The molecule has 196 valence electrons. The summed E-state index contributed by atoms with van der Waals surface area (Å²) in [5.74, 6) is -0.356. The third-order valence-corrected chi connectivity index (χ3v) is 6.72. The Hall–Kier alpha value is -4.43. The molecule has 2 aliphatic heterocycles. The highest BCUT2D eigenvalue weighted by Gasteiger charge is 2.45. The first-order chi connectivity index (χ1) is 18.0. The minimum absolute atomic E-state index is 0.0145. The van der Waals surface area contributed by atoms with Gasteiger partial charge in [-0.25, -0.2) is 4.79 Å². The standard InChI is InChI=1S/C27H25F3N6O2/c1-33-15-17(14-32)21-11-16(13-31)7-8-20(21)24-23-22(9-10-34(2)25(23)37)36(26(38)35(24)3)19-6-4-5-18(12-19)27(28,29)30/h4-8,11-12,14-15,24,32-33H,9-10H2,1-3H3/p+1. The first-order valence-corrected chi connectivity index (χ1v) is 11.8. The topological polar surface area (TPSA) is 108 Å². The number of rotatable bonds is 5. The van der Waals surface area contributed by atoms with Crippen LogP contribution in [0.1, 0.15) is 34.7 Å². The van der Waals surface area contributed by atoms with Crippen LogP contribution in [-0.2, 0) is 11.0 Å². The van der Waals surface area contributed by atoms with Gasteiger partial charge in [-0.2, -0.15) is 18.4 Å². The monoisotopic (exact) mass is 523 g/mol. The lowest BCUT2D eigenvalue weighted by Crippen LogP contribution is -2.72. The quantitative estimate of drug-likeness (QED) is 0.586. The smallest absolute Gasteiger partial charge is 0.341 e. The lowest BCUT2D eigenvalue weighted by molar-refractivity contribution is -0.555. The van der Waals surface area contributed by atoms with Gasteiger partial charge in [0.1, 0.15) is 6.20 Å². The van der Waals surface area contributed by atoms with E-state index in [1.807, 2.05) is 0 Å². The van der Waals surface area contributed by atoms with Gasteiger partial charge in [0.25, 0.3) is 5.91 Å². The van der Waals surface area contributed by atoms with Gasteiger partial charge in [0, 0.05) is 39.0 Å². The van der Waals surface area contributed by atoms with Gasteiger partial charge < -0.3 is 20.5 Å². The molecule has 1 unspecified atom stereocenters. The van der Waals surface area contributed by atoms with Gasteiger partial charge in [0.15, 0.2) is 0 Å².